The smallest absolute Gasteiger partial charge is 0.237 e. The number of hydrogen-bond donors (Lipinski definition) is 4. The van der Waals surface area contributed by atoms with E-state index in [4.69, 9.17) is 40.1 Å². The number of fused-ring (bicyclic) bond motifs is 1. The highest BCUT2D eigenvalue weighted by atomic mass is 35.5. The van der Waals surface area contributed by atoms with Crippen LogP contribution < -0.4 is 16.8 Å². The van der Waals surface area contributed by atoms with Crippen molar-refractivity contribution in [2.24, 2.45) is 29.2 Å². The van der Waals surface area contributed by atoms with E-state index in [1.54, 1.807) is 0 Å². The summed E-state index contributed by atoms with van der Waals surface area (Å²) in [5, 5.41) is 11.4. The Morgan fingerprint density at radius 1 is 1.00 bits per heavy atom. The second-order valence-electron chi connectivity index (χ2n) is 10.5. The number of rotatable bonds is 5. The molecule has 1 aliphatic heterocycles. The zero-order chi connectivity index (χ0) is 22.1. The lowest BCUT2D eigenvalue weighted by molar-refractivity contribution is -0.127. The molecular formula is C23H39Cl2N5O. The molecular weight excluding hydrogens is 433 g/mol. The van der Waals surface area contributed by atoms with Gasteiger partial charge in [0.1, 0.15) is 0 Å². The molecule has 1 heterocycles. The molecule has 3 saturated carbocycles. The van der Waals surface area contributed by atoms with E-state index in [2.05, 4.69) is 10.2 Å². The van der Waals surface area contributed by atoms with Gasteiger partial charge < -0.3 is 16.8 Å². The summed E-state index contributed by atoms with van der Waals surface area (Å²) in [6.07, 6.45) is 10.7. The van der Waals surface area contributed by atoms with Crippen molar-refractivity contribution >= 4 is 34.9 Å². The number of carbonyl (C=O) groups excluding carboxylic acids is 1. The summed E-state index contributed by atoms with van der Waals surface area (Å²) < 4.78 is 0. The molecule has 6 N–H and O–H groups in total. The van der Waals surface area contributed by atoms with Gasteiger partial charge in [-0.1, -0.05) is 6.42 Å². The summed E-state index contributed by atoms with van der Waals surface area (Å²) in [6, 6.07) is 0.659. The Kier molecular flexibility index (Phi) is 7.72. The molecule has 4 fully saturated rings. The Morgan fingerprint density at radius 3 is 2.32 bits per heavy atom. The van der Waals surface area contributed by atoms with Gasteiger partial charge in [-0.2, -0.15) is 0 Å². The van der Waals surface area contributed by atoms with Gasteiger partial charge in [0, 0.05) is 47.3 Å². The number of halogens is 2. The number of carbonyl (C=O) groups is 1. The lowest BCUT2D eigenvalue weighted by atomic mass is 9.77. The minimum Gasteiger partial charge on any atom is -0.387 e. The maximum atomic E-state index is 13.5. The summed E-state index contributed by atoms with van der Waals surface area (Å²) in [7, 11) is 0. The van der Waals surface area contributed by atoms with Crippen molar-refractivity contribution in [3.63, 3.8) is 0 Å². The van der Waals surface area contributed by atoms with Crippen molar-refractivity contribution in [3.8, 4) is 0 Å². The van der Waals surface area contributed by atoms with Gasteiger partial charge in [-0.25, -0.2) is 0 Å². The Morgan fingerprint density at radius 2 is 1.68 bits per heavy atom. The van der Waals surface area contributed by atoms with Gasteiger partial charge in [-0.05, 0) is 70.1 Å². The van der Waals surface area contributed by atoms with Crippen molar-refractivity contribution in [1.82, 2.24) is 10.2 Å². The van der Waals surface area contributed by atoms with Crippen LogP contribution in [0, 0.1) is 23.2 Å². The first kappa shape index (κ1) is 23.6. The minimum absolute atomic E-state index is 0.0611. The quantitative estimate of drug-likeness (QED) is 0.280. The summed E-state index contributed by atoms with van der Waals surface area (Å²) in [5.74, 6) is 1.24. The van der Waals surface area contributed by atoms with Crippen LogP contribution in [0.2, 0.25) is 0 Å². The van der Waals surface area contributed by atoms with Gasteiger partial charge >= 0.3 is 0 Å². The third-order valence-corrected chi connectivity index (χ3v) is 9.56. The predicted octanol–water partition coefficient (Wildman–Crippen LogP) is 3.18. The van der Waals surface area contributed by atoms with E-state index >= 15 is 0 Å². The molecule has 0 radical (unpaired) electrons. The molecule has 6 unspecified atom stereocenters. The fraction of sp³-hybridized carbons (Fsp3) is 0.913. The molecule has 1 amide bonds. The zero-order valence-electron chi connectivity index (χ0n) is 18.4. The molecule has 0 spiro atoms. The highest BCUT2D eigenvalue weighted by Crippen LogP contribution is 2.44. The first-order valence-electron chi connectivity index (χ1n) is 12.3. The van der Waals surface area contributed by atoms with E-state index in [1.165, 1.54) is 0 Å². The largest absolute Gasteiger partial charge is 0.387 e. The molecule has 8 heteroatoms. The van der Waals surface area contributed by atoms with E-state index in [0.29, 0.717) is 5.92 Å². The monoisotopic (exact) mass is 471 g/mol. The van der Waals surface area contributed by atoms with E-state index in [9.17, 15) is 4.79 Å². The van der Waals surface area contributed by atoms with E-state index in [0.717, 1.165) is 77.2 Å². The van der Waals surface area contributed by atoms with E-state index in [1.807, 2.05) is 0 Å². The number of alkyl halides is 2. The van der Waals surface area contributed by atoms with Crippen LogP contribution in [-0.4, -0.2) is 58.1 Å². The number of nitrogens with one attached hydrogen (secondary N) is 2. The summed E-state index contributed by atoms with van der Waals surface area (Å²) in [6.45, 7) is 0.766. The number of nitrogens with two attached hydrogens (primary N) is 2. The zero-order valence-corrected chi connectivity index (χ0v) is 20.0. The molecule has 6 atom stereocenters. The molecule has 4 rings (SSSR count). The number of amidine groups is 1. The van der Waals surface area contributed by atoms with Crippen LogP contribution in [0.3, 0.4) is 0 Å². The molecule has 0 aromatic carbocycles. The second-order valence-corrected chi connectivity index (χ2v) is 11.6. The molecule has 6 nitrogen and oxygen atoms in total. The third-order valence-electron chi connectivity index (χ3n) is 8.48. The molecule has 0 aromatic heterocycles. The average Bonchev–Trinajstić information content (AvgIpc) is 3.10. The van der Waals surface area contributed by atoms with Crippen LogP contribution in [0.15, 0.2) is 0 Å². The van der Waals surface area contributed by atoms with Crippen molar-refractivity contribution in [2.45, 2.75) is 106 Å². The Bertz CT molecular complexity index is 646. The maximum Gasteiger partial charge on any atom is 0.237 e. The maximum absolute atomic E-state index is 13.5. The van der Waals surface area contributed by atoms with Gasteiger partial charge in [-0.3, -0.25) is 15.1 Å². The summed E-state index contributed by atoms with van der Waals surface area (Å²) in [5.41, 5.74) is 11.9. The predicted molar refractivity (Wildman–Crippen MR) is 127 cm³/mol. The van der Waals surface area contributed by atoms with Gasteiger partial charge in [0.25, 0.3) is 0 Å². The highest BCUT2D eigenvalue weighted by molar-refractivity contribution is 6.24. The van der Waals surface area contributed by atoms with Gasteiger partial charge in [0.15, 0.2) is 0 Å². The molecule has 3 aliphatic carbocycles. The SMILES string of the molecule is N=C(N)C1CCC2CC(C(=O)NC3CCC(N)CC3)N(CC3C(Cl)CCCC3Cl)C2C1. The first-order chi connectivity index (χ1) is 14.8. The van der Waals surface area contributed by atoms with Crippen molar-refractivity contribution in [1.29, 1.82) is 5.41 Å². The Balaban J connectivity index is 1.49. The first-order valence-corrected chi connectivity index (χ1v) is 13.1. The van der Waals surface area contributed by atoms with Crippen LogP contribution in [0.4, 0.5) is 0 Å². The fourth-order valence-electron chi connectivity index (χ4n) is 6.54. The van der Waals surface area contributed by atoms with Gasteiger partial charge in [-0.15, -0.1) is 23.2 Å². The van der Waals surface area contributed by atoms with Gasteiger partial charge in [0.2, 0.25) is 5.91 Å². The Labute approximate surface area is 196 Å². The molecule has 0 aromatic rings. The van der Waals surface area contributed by atoms with E-state index in [-0.39, 0.29) is 58.5 Å². The van der Waals surface area contributed by atoms with E-state index < -0.39 is 0 Å². The molecule has 0 bridgehead atoms. The van der Waals surface area contributed by atoms with Crippen LogP contribution in [-0.2, 0) is 4.79 Å². The Hall–Kier alpha value is -0.560. The fourth-order valence-corrected chi connectivity index (χ4v) is 7.44. The number of likely N-dealkylation sites (tertiary alicyclic amines) is 1. The number of hydrogen-bond acceptors (Lipinski definition) is 4. The van der Waals surface area contributed by atoms with Crippen LogP contribution in [0.25, 0.3) is 0 Å². The van der Waals surface area contributed by atoms with Crippen LogP contribution in [0.5, 0.6) is 0 Å². The topological polar surface area (TPSA) is 108 Å². The number of amides is 1. The van der Waals surface area contributed by atoms with Crippen molar-refractivity contribution in [3.05, 3.63) is 0 Å². The highest BCUT2D eigenvalue weighted by Gasteiger charge is 2.49. The molecule has 176 valence electrons. The molecule has 31 heavy (non-hydrogen) atoms. The number of nitrogens with zero attached hydrogens (tertiary/aromatic N) is 1. The van der Waals surface area contributed by atoms with Crippen molar-refractivity contribution in [2.75, 3.05) is 6.54 Å². The second kappa shape index (κ2) is 10.1. The van der Waals surface area contributed by atoms with Crippen LogP contribution in [0.1, 0.15) is 70.6 Å². The third kappa shape index (κ3) is 5.34. The lowest BCUT2D eigenvalue weighted by Gasteiger charge is -2.41. The van der Waals surface area contributed by atoms with Crippen molar-refractivity contribution < 1.29 is 4.79 Å². The standard InChI is InChI=1S/C23H39Cl2N5O/c24-18-2-1-3-19(25)17(18)12-30-20-11-14(22(27)28)5-4-13(20)10-21(30)23(31)29-16-8-6-15(26)7-9-16/h13-21H,1-12,26H2,(H3,27,28)(H,29,31). The lowest BCUT2D eigenvalue weighted by Crippen LogP contribution is -2.53. The molecule has 4 aliphatic rings. The normalized spacial score (nSPS) is 43.9. The average molecular weight is 473 g/mol. The summed E-state index contributed by atoms with van der Waals surface area (Å²) in [4.78, 5) is 15.9. The van der Waals surface area contributed by atoms with Gasteiger partial charge in [0.05, 0.1) is 11.9 Å². The minimum atomic E-state index is -0.133. The molecule has 1 saturated heterocycles. The van der Waals surface area contributed by atoms with Crippen LogP contribution >= 0.6 is 23.2 Å². The summed E-state index contributed by atoms with van der Waals surface area (Å²) >= 11 is 13.5.